The summed E-state index contributed by atoms with van der Waals surface area (Å²) < 4.78 is 5.18. The Bertz CT molecular complexity index is 722. The summed E-state index contributed by atoms with van der Waals surface area (Å²) in [5.41, 5.74) is 0. The Kier molecular flexibility index (Phi) is 4.59. The van der Waals surface area contributed by atoms with E-state index in [1.807, 2.05) is 30.5 Å². The molecule has 1 atom stereocenters. The topological polar surface area (TPSA) is 83.8 Å². The lowest BCUT2D eigenvalue weighted by Gasteiger charge is -2.08. The van der Waals surface area contributed by atoms with Gasteiger partial charge in [-0.1, -0.05) is 17.8 Å². The largest absolute Gasteiger partial charge is 0.467 e. The predicted octanol–water partition coefficient (Wildman–Crippen LogP) is 2.92. The number of H-pyrrole nitrogens is 1. The minimum atomic E-state index is -0.290. The van der Waals surface area contributed by atoms with E-state index in [9.17, 15) is 4.79 Å². The molecule has 0 fully saturated rings. The summed E-state index contributed by atoms with van der Waals surface area (Å²) in [6.07, 6.45) is 1.58. The quantitative estimate of drug-likeness (QED) is 0.677. The first-order chi connectivity index (χ1) is 10.7. The van der Waals surface area contributed by atoms with Crippen LogP contribution in [-0.4, -0.2) is 26.3 Å². The molecule has 0 aliphatic rings. The smallest absolute Gasteiger partial charge is 0.233 e. The number of furan rings is 1. The zero-order chi connectivity index (χ0) is 15.4. The summed E-state index contributed by atoms with van der Waals surface area (Å²) >= 11 is 2.90. The molecule has 0 aromatic carbocycles. The third-order valence-electron chi connectivity index (χ3n) is 2.89. The lowest BCUT2D eigenvalue weighted by atomic mass is 10.4. The molecule has 8 heteroatoms. The summed E-state index contributed by atoms with van der Waals surface area (Å²) in [6.45, 7) is 2.20. The van der Waals surface area contributed by atoms with Crippen LogP contribution < -0.4 is 5.32 Å². The molecule has 3 heterocycles. The van der Waals surface area contributed by atoms with Crippen molar-refractivity contribution in [2.75, 3.05) is 0 Å². The molecule has 0 aliphatic carbocycles. The molecule has 3 aromatic heterocycles. The molecule has 0 unspecified atom stereocenters. The molecular weight excluding hydrogens is 320 g/mol. The van der Waals surface area contributed by atoms with Gasteiger partial charge in [-0.25, -0.2) is 4.98 Å². The fourth-order valence-corrected chi connectivity index (χ4v) is 3.18. The van der Waals surface area contributed by atoms with Crippen molar-refractivity contribution >= 4 is 29.0 Å². The van der Waals surface area contributed by atoms with Gasteiger partial charge in [0.15, 0.2) is 5.82 Å². The SMILES string of the molecule is C[C@@H](Sc1n[nH]c(-c2cccs2)n1)C(=O)NCc1ccco1. The number of aromatic nitrogens is 3. The molecule has 6 nitrogen and oxygen atoms in total. The Balaban J connectivity index is 1.54. The number of nitrogens with zero attached hydrogens (tertiary/aromatic N) is 2. The standard InChI is InChI=1S/C14H14N4O2S2/c1-9(13(19)15-8-10-4-2-6-20-10)22-14-16-12(17-18-14)11-5-3-7-21-11/h2-7,9H,8H2,1H3,(H,15,19)(H,16,17,18)/t9-/m1/s1. The third-order valence-corrected chi connectivity index (χ3v) is 4.73. The minimum absolute atomic E-state index is 0.0797. The molecular formula is C14H14N4O2S2. The van der Waals surface area contributed by atoms with E-state index in [0.717, 1.165) is 16.5 Å². The molecule has 0 saturated heterocycles. The van der Waals surface area contributed by atoms with Gasteiger partial charge in [0, 0.05) is 0 Å². The number of carbonyl (C=O) groups is 1. The molecule has 0 spiro atoms. The van der Waals surface area contributed by atoms with Crippen LogP contribution in [0.15, 0.2) is 45.5 Å². The van der Waals surface area contributed by atoms with E-state index in [0.29, 0.717) is 11.7 Å². The van der Waals surface area contributed by atoms with Crippen LogP contribution >= 0.6 is 23.1 Å². The van der Waals surface area contributed by atoms with Gasteiger partial charge in [-0.15, -0.1) is 16.4 Å². The van der Waals surface area contributed by atoms with E-state index in [4.69, 9.17) is 4.42 Å². The van der Waals surface area contributed by atoms with Crippen molar-refractivity contribution in [3.63, 3.8) is 0 Å². The Labute approximate surface area is 135 Å². The second-order valence-corrected chi connectivity index (χ2v) is 6.76. The van der Waals surface area contributed by atoms with Crippen LogP contribution in [0.3, 0.4) is 0 Å². The van der Waals surface area contributed by atoms with Crippen molar-refractivity contribution in [3.8, 4) is 10.7 Å². The number of hydrogen-bond donors (Lipinski definition) is 2. The van der Waals surface area contributed by atoms with Gasteiger partial charge < -0.3 is 9.73 Å². The second-order valence-electron chi connectivity index (χ2n) is 4.50. The highest BCUT2D eigenvalue weighted by molar-refractivity contribution is 8.00. The van der Waals surface area contributed by atoms with Crippen LogP contribution in [0, 0.1) is 0 Å². The molecule has 22 heavy (non-hydrogen) atoms. The first kappa shape index (κ1) is 14.9. The molecule has 114 valence electrons. The van der Waals surface area contributed by atoms with Gasteiger partial charge in [-0.2, -0.15) is 0 Å². The summed E-state index contributed by atoms with van der Waals surface area (Å²) in [4.78, 5) is 17.5. The normalized spacial score (nSPS) is 12.2. The molecule has 0 radical (unpaired) electrons. The van der Waals surface area contributed by atoms with E-state index < -0.39 is 0 Å². The molecule has 0 saturated carbocycles. The van der Waals surface area contributed by atoms with Crippen molar-refractivity contribution in [3.05, 3.63) is 41.7 Å². The van der Waals surface area contributed by atoms with Gasteiger partial charge in [0.1, 0.15) is 5.76 Å². The summed E-state index contributed by atoms with van der Waals surface area (Å²) in [6, 6.07) is 7.54. The molecule has 0 bridgehead atoms. The summed E-state index contributed by atoms with van der Waals surface area (Å²) in [7, 11) is 0. The van der Waals surface area contributed by atoms with Crippen molar-refractivity contribution in [1.29, 1.82) is 0 Å². The van der Waals surface area contributed by atoms with Crippen molar-refractivity contribution in [2.45, 2.75) is 23.9 Å². The van der Waals surface area contributed by atoms with E-state index in [-0.39, 0.29) is 11.2 Å². The molecule has 1 amide bonds. The average molecular weight is 334 g/mol. The number of thiophene rings is 1. The van der Waals surface area contributed by atoms with Crippen LogP contribution in [0.25, 0.3) is 10.7 Å². The average Bonchev–Trinajstić information content (AvgIpc) is 3.25. The molecule has 2 N–H and O–H groups in total. The maximum Gasteiger partial charge on any atom is 0.233 e. The lowest BCUT2D eigenvalue weighted by Crippen LogP contribution is -2.30. The van der Waals surface area contributed by atoms with Gasteiger partial charge in [-0.3, -0.25) is 9.89 Å². The third kappa shape index (κ3) is 3.58. The van der Waals surface area contributed by atoms with Crippen LogP contribution in [0.2, 0.25) is 0 Å². The maximum absolute atomic E-state index is 12.0. The van der Waals surface area contributed by atoms with Gasteiger partial charge in [0.2, 0.25) is 11.1 Å². The summed E-state index contributed by atoms with van der Waals surface area (Å²) in [5, 5.41) is 12.1. The lowest BCUT2D eigenvalue weighted by molar-refractivity contribution is -0.120. The number of carbonyl (C=O) groups excluding carboxylic acids is 1. The van der Waals surface area contributed by atoms with Crippen LogP contribution in [0.1, 0.15) is 12.7 Å². The Morgan fingerprint density at radius 3 is 3.14 bits per heavy atom. The first-order valence-electron chi connectivity index (χ1n) is 6.65. The highest BCUT2D eigenvalue weighted by Gasteiger charge is 2.17. The fourth-order valence-electron chi connectivity index (χ4n) is 1.77. The van der Waals surface area contributed by atoms with Crippen molar-refractivity contribution in [2.24, 2.45) is 0 Å². The number of rotatable bonds is 6. The summed E-state index contributed by atoms with van der Waals surface area (Å²) in [5.74, 6) is 1.37. The van der Waals surface area contributed by atoms with Gasteiger partial charge in [0.25, 0.3) is 0 Å². The van der Waals surface area contributed by atoms with Crippen molar-refractivity contribution < 1.29 is 9.21 Å². The van der Waals surface area contributed by atoms with Crippen molar-refractivity contribution in [1.82, 2.24) is 20.5 Å². The number of hydrogen-bond acceptors (Lipinski definition) is 6. The van der Waals surface area contributed by atoms with Gasteiger partial charge in [-0.05, 0) is 30.5 Å². The van der Waals surface area contributed by atoms with E-state index in [1.54, 1.807) is 23.7 Å². The number of nitrogens with one attached hydrogen (secondary N) is 2. The molecule has 0 aliphatic heterocycles. The fraction of sp³-hybridized carbons (Fsp3) is 0.214. The van der Waals surface area contributed by atoms with E-state index in [1.165, 1.54) is 11.8 Å². The highest BCUT2D eigenvalue weighted by Crippen LogP contribution is 2.25. The maximum atomic E-state index is 12.0. The number of thioether (sulfide) groups is 1. The van der Waals surface area contributed by atoms with E-state index >= 15 is 0 Å². The van der Waals surface area contributed by atoms with Gasteiger partial charge in [0.05, 0.1) is 22.9 Å². The Hall–Kier alpha value is -2.06. The highest BCUT2D eigenvalue weighted by atomic mass is 32.2. The predicted molar refractivity (Wildman–Crippen MR) is 85.6 cm³/mol. The van der Waals surface area contributed by atoms with E-state index in [2.05, 4.69) is 20.5 Å². The Morgan fingerprint density at radius 1 is 1.50 bits per heavy atom. The monoisotopic (exact) mass is 334 g/mol. The number of amides is 1. The van der Waals surface area contributed by atoms with Crippen LogP contribution in [-0.2, 0) is 11.3 Å². The molecule has 3 aromatic rings. The zero-order valence-corrected chi connectivity index (χ0v) is 13.4. The second kappa shape index (κ2) is 6.80. The van der Waals surface area contributed by atoms with Crippen LogP contribution in [0.5, 0.6) is 0 Å². The zero-order valence-electron chi connectivity index (χ0n) is 11.8. The van der Waals surface area contributed by atoms with Gasteiger partial charge >= 0.3 is 0 Å². The molecule has 3 rings (SSSR count). The number of aromatic amines is 1. The minimum Gasteiger partial charge on any atom is -0.467 e. The Morgan fingerprint density at radius 2 is 2.41 bits per heavy atom. The van der Waals surface area contributed by atoms with Crippen LogP contribution in [0.4, 0.5) is 0 Å². The first-order valence-corrected chi connectivity index (χ1v) is 8.41.